The third kappa shape index (κ3) is 2.72. The van der Waals surface area contributed by atoms with Gasteiger partial charge in [-0.15, -0.1) is 0 Å². The minimum Gasteiger partial charge on any atom is -0.497 e. The highest BCUT2D eigenvalue weighted by atomic mass is 16.5. The van der Waals surface area contributed by atoms with Crippen LogP contribution in [0.5, 0.6) is 5.75 Å². The first kappa shape index (κ1) is 13.5. The highest BCUT2D eigenvalue weighted by Crippen LogP contribution is 2.25. The van der Waals surface area contributed by atoms with Crippen molar-refractivity contribution in [2.24, 2.45) is 13.0 Å². The van der Waals surface area contributed by atoms with Crippen LogP contribution in [0.15, 0.2) is 24.4 Å². The van der Waals surface area contributed by atoms with E-state index in [4.69, 9.17) is 4.74 Å². The molecule has 0 saturated carbocycles. The molecule has 0 aliphatic rings. The van der Waals surface area contributed by atoms with Gasteiger partial charge in [0, 0.05) is 36.6 Å². The third-order valence-corrected chi connectivity index (χ3v) is 3.26. The topological polar surface area (TPSA) is 43.3 Å². The van der Waals surface area contributed by atoms with Crippen molar-refractivity contribution in [1.29, 1.82) is 0 Å². The number of benzene rings is 1. The second-order valence-electron chi connectivity index (χ2n) is 5.02. The summed E-state index contributed by atoms with van der Waals surface area (Å²) < 4.78 is 7.31. The molecular formula is C15H20N2O2. The fourth-order valence-electron chi connectivity index (χ4n) is 2.11. The summed E-state index contributed by atoms with van der Waals surface area (Å²) in [4.78, 5) is 11.6. The third-order valence-electron chi connectivity index (χ3n) is 3.26. The van der Waals surface area contributed by atoms with Gasteiger partial charge in [-0.1, -0.05) is 13.8 Å². The van der Waals surface area contributed by atoms with E-state index < -0.39 is 0 Å². The Morgan fingerprint density at radius 1 is 1.42 bits per heavy atom. The van der Waals surface area contributed by atoms with Crippen molar-refractivity contribution in [3.63, 3.8) is 0 Å². The highest BCUT2D eigenvalue weighted by Gasteiger charge is 2.10. The molecule has 4 nitrogen and oxygen atoms in total. The molecular weight excluding hydrogens is 240 g/mol. The van der Waals surface area contributed by atoms with Gasteiger partial charge in [-0.05, 0) is 23.8 Å². The molecule has 0 saturated heterocycles. The maximum atomic E-state index is 11.6. The van der Waals surface area contributed by atoms with Gasteiger partial charge in [0.15, 0.2) is 0 Å². The molecule has 1 heterocycles. The lowest BCUT2D eigenvalue weighted by atomic mass is 10.1. The Kier molecular flexibility index (Phi) is 3.79. The lowest BCUT2D eigenvalue weighted by Gasteiger charge is -2.07. The summed E-state index contributed by atoms with van der Waals surface area (Å²) in [6, 6.07) is 5.98. The van der Waals surface area contributed by atoms with Gasteiger partial charge < -0.3 is 14.6 Å². The smallest absolute Gasteiger partial charge is 0.222 e. The first-order valence-corrected chi connectivity index (χ1v) is 6.42. The first-order valence-electron chi connectivity index (χ1n) is 6.42. The van der Waals surface area contributed by atoms with E-state index in [1.807, 2.05) is 45.3 Å². The van der Waals surface area contributed by atoms with Crippen LogP contribution in [0.1, 0.15) is 19.4 Å². The molecule has 0 fully saturated rings. The van der Waals surface area contributed by atoms with E-state index in [2.05, 4.69) is 9.88 Å². The van der Waals surface area contributed by atoms with E-state index in [0.717, 1.165) is 22.2 Å². The van der Waals surface area contributed by atoms with Crippen molar-refractivity contribution < 1.29 is 9.53 Å². The average molecular weight is 260 g/mol. The number of amides is 1. The molecule has 0 unspecified atom stereocenters. The van der Waals surface area contributed by atoms with Crippen LogP contribution in [0.4, 0.5) is 0 Å². The second-order valence-corrected chi connectivity index (χ2v) is 5.02. The van der Waals surface area contributed by atoms with Crippen LogP contribution >= 0.6 is 0 Å². The van der Waals surface area contributed by atoms with E-state index in [0.29, 0.717) is 6.54 Å². The zero-order chi connectivity index (χ0) is 14.0. The van der Waals surface area contributed by atoms with Crippen LogP contribution < -0.4 is 10.1 Å². The maximum Gasteiger partial charge on any atom is 0.222 e. The van der Waals surface area contributed by atoms with Crippen molar-refractivity contribution in [2.75, 3.05) is 7.11 Å². The molecule has 4 heteroatoms. The Morgan fingerprint density at radius 3 is 2.79 bits per heavy atom. The monoisotopic (exact) mass is 260 g/mol. The predicted molar refractivity (Wildman–Crippen MR) is 76.2 cm³/mol. The number of nitrogens with zero attached hydrogens (tertiary/aromatic N) is 1. The zero-order valence-electron chi connectivity index (χ0n) is 11.9. The Morgan fingerprint density at radius 2 is 2.16 bits per heavy atom. The van der Waals surface area contributed by atoms with E-state index in [-0.39, 0.29) is 11.8 Å². The lowest BCUT2D eigenvalue weighted by molar-refractivity contribution is -0.124. The zero-order valence-corrected chi connectivity index (χ0v) is 11.9. The van der Waals surface area contributed by atoms with Gasteiger partial charge in [-0.25, -0.2) is 0 Å². The van der Waals surface area contributed by atoms with Gasteiger partial charge in [0.1, 0.15) is 5.75 Å². The SMILES string of the molecule is COc1ccc2c(c1)c(CNC(=O)C(C)C)cn2C. The summed E-state index contributed by atoms with van der Waals surface area (Å²) >= 11 is 0. The van der Waals surface area contributed by atoms with Gasteiger partial charge >= 0.3 is 0 Å². The average Bonchev–Trinajstić information content (AvgIpc) is 2.72. The summed E-state index contributed by atoms with van der Waals surface area (Å²) in [6.45, 7) is 4.32. The van der Waals surface area contributed by atoms with Crippen LogP contribution in [0.3, 0.4) is 0 Å². The maximum absolute atomic E-state index is 11.6. The Hall–Kier alpha value is -1.97. The molecule has 1 aromatic carbocycles. The van der Waals surface area contributed by atoms with Crippen LogP contribution in [0, 0.1) is 5.92 Å². The van der Waals surface area contributed by atoms with Crippen molar-refractivity contribution in [2.45, 2.75) is 20.4 Å². The van der Waals surface area contributed by atoms with E-state index in [1.165, 1.54) is 0 Å². The number of carbonyl (C=O) groups excluding carboxylic acids is 1. The minimum absolute atomic E-state index is 0.00418. The van der Waals surface area contributed by atoms with Crippen molar-refractivity contribution in [3.05, 3.63) is 30.0 Å². The van der Waals surface area contributed by atoms with Crippen LogP contribution in [-0.2, 0) is 18.4 Å². The van der Waals surface area contributed by atoms with Crippen molar-refractivity contribution in [3.8, 4) is 5.75 Å². The second kappa shape index (κ2) is 5.34. The Labute approximate surface area is 113 Å². The van der Waals surface area contributed by atoms with Gasteiger partial charge in [0.05, 0.1) is 7.11 Å². The number of carbonyl (C=O) groups is 1. The molecule has 0 bridgehead atoms. The molecule has 1 aromatic heterocycles. The molecule has 1 amide bonds. The van der Waals surface area contributed by atoms with Crippen molar-refractivity contribution in [1.82, 2.24) is 9.88 Å². The summed E-state index contributed by atoms with van der Waals surface area (Å²) in [5, 5.41) is 4.06. The largest absolute Gasteiger partial charge is 0.497 e. The minimum atomic E-state index is 0.00418. The normalized spacial score (nSPS) is 11.0. The molecule has 102 valence electrons. The Bertz CT molecular complexity index is 599. The van der Waals surface area contributed by atoms with Gasteiger partial charge in [0.2, 0.25) is 5.91 Å². The van der Waals surface area contributed by atoms with E-state index in [1.54, 1.807) is 7.11 Å². The summed E-state index contributed by atoms with van der Waals surface area (Å²) in [5.74, 6) is 0.902. The molecule has 0 atom stereocenters. The molecule has 0 radical (unpaired) electrons. The molecule has 2 aromatic rings. The number of ether oxygens (including phenoxy) is 1. The quantitative estimate of drug-likeness (QED) is 0.917. The number of aromatic nitrogens is 1. The van der Waals surface area contributed by atoms with Crippen LogP contribution in [0.2, 0.25) is 0 Å². The molecule has 0 aliphatic heterocycles. The number of fused-ring (bicyclic) bond motifs is 1. The molecule has 19 heavy (non-hydrogen) atoms. The van der Waals surface area contributed by atoms with Crippen molar-refractivity contribution >= 4 is 16.8 Å². The molecule has 0 spiro atoms. The molecule has 2 rings (SSSR count). The number of aryl methyl sites for hydroxylation is 1. The molecule has 1 N–H and O–H groups in total. The van der Waals surface area contributed by atoms with Gasteiger partial charge in [-0.2, -0.15) is 0 Å². The fourth-order valence-corrected chi connectivity index (χ4v) is 2.11. The van der Waals surface area contributed by atoms with Crippen LogP contribution in [-0.4, -0.2) is 17.6 Å². The summed E-state index contributed by atoms with van der Waals surface area (Å²) in [7, 11) is 3.66. The lowest BCUT2D eigenvalue weighted by Crippen LogP contribution is -2.26. The van der Waals surface area contributed by atoms with Gasteiger partial charge in [0.25, 0.3) is 0 Å². The van der Waals surface area contributed by atoms with E-state index >= 15 is 0 Å². The first-order chi connectivity index (χ1) is 9.02. The number of nitrogens with one attached hydrogen (secondary N) is 1. The summed E-state index contributed by atoms with van der Waals surface area (Å²) in [6.07, 6.45) is 2.05. The summed E-state index contributed by atoms with van der Waals surface area (Å²) in [5.41, 5.74) is 2.24. The number of hydrogen-bond acceptors (Lipinski definition) is 2. The molecule has 0 aliphatic carbocycles. The standard InChI is InChI=1S/C15H20N2O2/c1-10(2)15(18)16-8-11-9-17(3)14-6-5-12(19-4)7-13(11)14/h5-7,9-10H,8H2,1-4H3,(H,16,18). The number of methoxy groups -OCH3 is 1. The predicted octanol–water partition coefficient (Wildman–Crippen LogP) is 2.46. The highest BCUT2D eigenvalue weighted by molar-refractivity contribution is 5.86. The Balaban J connectivity index is 2.29. The van der Waals surface area contributed by atoms with Gasteiger partial charge in [-0.3, -0.25) is 4.79 Å². The fraction of sp³-hybridized carbons (Fsp3) is 0.400. The van der Waals surface area contributed by atoms with E-state index in [9.17, 15) is 4.79 Å². The number of rotatable bonds is 4. The number of hydrogen-bond donors (Lipinski definition) is 1. The van der Waals surface area contributed by atoms with Crippen LogP contribution in [0.25, 0.3) is 10.9 Å².